The molecule has 0 spiro atoms. The summed E-state index contributed by atoms with van der Waals surface area (Å²) in [6.07, 6.45) is -4.98. The van der Waals surface area contributed by atoms with E-state index >= 15 is 0 Å². The lowest BCUT2D eigenvalue weighted by atomic mass is 9.96. The summed E-state index contributed by atoms with van der Waals surface area (Å²) in [6, 6.07) is -1.16. The van der Waals surface area contributed by atoms with Crippen molar-refractivity contribution >= 4 is 52.4 Å². The second kappa shape index (κ2) is 11.1. The van der Waals surface area contributed by atoms with Crippen molar-refractivity contribution in [1.82, 2.24) is 5.32 Å². The largest absolute Gasteiger partial charge is 0.463 e. The molecule has 0 aromatic heterocycles. The number of hydrogen-bond acceptors (Lipinski definition) is 10. The smallest absolute Gasteiger partial charge is 0.305 e. The average Bonchev–Trinajstić information content (AvgIpc) is 2.56. The number of rotatable bonds is 7. The Morgan fingerprint density at radius 2 is 1.39 bits per heavy atom. The van der Waals surface area contributed by atoms with Crippen LogP contribution < -0.4 is 5.32 Å². The van der Waals surface area contributed by atoms with Crippen LogP contribution in [0.3, 0.4) is 0 Å². The van der Waals surface area contributed by atoms with Gasteiger partial charge in [0.2, 0.25) is 12.2 Å². The van der Waals surface area contributed by atoms with Gasteiger partial charge in [0.05, 0.1) is 4.43 Å². The van der Waals surface area contributed by atoms with E-state index in [4.69, 9.17) is 23.7 Å². The van der Waals surface area contributed by atoms with Crippen LogP contribution >= 0.6 is 22.6 Å². The lowest BCUT2D eigenvalue weighted by Gasteiger charge is -2.44. The summed E-state index contributed by atoms with van der Waals surface area (Å²) < 4.78 is 26.2. The highest BCUT2D eigenvalue weighted by Gasteiger charge is 2.52. The van der Waals surface area contributed by atoms with Crippen molar-refractivity contribution in [2.75, 3.05) is 11.0 Å². The Morgan fingerprint density at radius 1 is 0.857 bits per heavy atom. The summed E-state index contributed by atoms with van der Waals surface area (Å²) in [5, 5.41) is 2.54. The van der Waals surface area contributed by atoms with Gasteiger partial charge in [0.1, 0.15) is 18.8 Å². The Kier molecular flexibility index (Phi) is 9.58. The van der Waals surface area contributed by atoms with Crippen LogP contribution in [0.5, 0.6) is 0 Å². The van der Waals surface area contributed by atoms with Gasteiger partial charge in [-0.1, -0.05) is 22.6 Å². The van der Waals surface area contributed by atoms with Crippen molar-refractivity contribution in [2.24, 2.45) is 0 Å². The molecule has 1 aliphatic rings. The van der Waals surface area contributed by atoms with E-state index in [1.807, 2.05) is 22.6 Å². The van der Waals surface area contributed by atoms with E-state index in [9.17, 15) is 24.0 Å². The van der Waals surface area contributed by atoms with Crippen molar-refractivity contribution in [2.45, 2.75) is 58.3 Å². The quantitative estimate of drug-likeness (QED) is 0.206. The Bertz CT molecular complexity index is 625. The first kappa shape index (κ1) is 24.1. The molecule has 0 radical (unpaired) electrons. The summed E-state index contributed by atoms with van der Waals surface area (Å²) in [6.45, 7) is 4.18. The molecule has 158 valence electrons. The first-order valence-electron chi connectivity index (χ1n) is 8.21. The summed E-state index contributed by atoms with van der Waals surface area (Å²) in [5.41, 5.74) is 0. The van der Waals surface area contributed by atoms with E-state index in [0.717, 1.165) is 20.8 Å². The van der Waals surface area contributed by atoms with Gasteiger partial charge in [-0.2, -0.15) is 0 Å². The summed E-state index contributed by atoms with van der Waals surface area (Å²) in [5.74, 6) is -3.26. The molecule has 0 aliphatic carbocycles. The number of halogens is 1. The van der Waals surface area contributed by atoms with E-state index in [1.54, 1.807) is 0 Å². The summed E-state index contributed by atoms with van der Waals surface area (Å²) in [4.78, 5) is 57.8. The molecule has 1 amide bonds. The molecule has 28 heavy (non-hydrogen) atoms. The molecular formula is C16H22INO10. The fourth-order valence-corrected chi connectivity index (χ4v) is 2.76. The van der Waals surface area contributed by atoms with Crippen molar-refractivity contribution in [1.29, 1.82) is 0 Å². The van der Waals surface area contributed by atoms with E-state index in [-0.39, 0.29) is 11.0 Å². The molecule has 1 saturated heterocycles. The topological polar surface area (TPSA) is 144 Å². The molecule has 11 nitrogen and oxygen atoms in total. The molecule has 12 heteroatoms. The Hall–Kier alpha value is -1.96. The third-order valence-electron chi connectivity index (χ3n) is 3.43. The first-order valence-corrected chi connectivity index (χ1v) is 9.73. The van der Waals surface area contributed by atoms with E-state index in [2.05, 4.69) is 5.32 Å². The number of carbonyl (C=O) groups is 5. The number of amides is 1. The highest BCUT2D eigenvalue weighted by molar-refractivity contribution is 14.1. The standard InChI is InChI=1S/C16H22INO10/c1-7(19)24-6-11-14(25-8(2)20)15(26-9(3)21)13(18-12(23)5-17)16(28-11)27-10(4)22/h11,13-16H,5-6H2,1-4H3,(H,18,23)/t11-,13-,14-,15-,16-/m1/s1. The van der Waals surface area contributed by atoms with Gasteiger partial charge in [-0.15, -0.1) is 0 Å². The van der Waals surface area contributed by atoms with Crippen molar-refractivity contribution < 1.29 is 47.7 Å². The van der Waals surface area contributed by atoms with Gasteiger partial charge in [0.15, 0.2) is 12.2 Å². The lowest BCUT2D eigenvalue weighted by Crippen LogP contribution is -2.67. The van der Waals surface area contributed by atoms with Gasteiger partial charge >= 0.3 is 23.9 Å². The Labute approximate surface area is 174 Å². The molecular weight excluding hydrogens is 493 g/mol. The van der Waals surface area contributed by atoms with Gasteiger partial charge in [-0.25, -0.2) is 0 Å². The maximum Gasteiger partial charge on any atom is 0.305 e. The minimum atomic E-state index is -1.37. The number of esters is 4. The van der Waals surface area contributed by atoms with Crippen molar-refractivity contribution in [3.63, 3.8) is 0 Å². The zero-order chi connectivity index (χ0) is 21.4. The number of alkyl halides is 1. The highest BCUT2D eigenvalue weighted by atomic mass is 127. The maximum atomic E-state index is 11.9. The molecule has 1 N–H and O–H groups in total. The van der Waals surface area contributed by atoms with Gasteiger partial charge in [-0.3, -0.25) is 24.0 Å². The predicted octanol–water partition coefficient (Wildman–Crippen LogP) is -0.379. The van der Waals surface area contributed by atoms with Crippen molar-refractivity contribution in [3.8, 4) is 0 Å². The number of nitrogens with one attached hydrogen (secondary N) is 1. The van der Waals surface area contributed by atoms with E-state index in [1.165, 1.54) is 6.92 Å². The Balaban J connectivity index is 3.31. The van der Waals surface area contributed by atoms with Crippen LogP contribution in [0.2, 0.25) is 0 Å². The van der Waals surface area contributed by atoms with Gasteiger partial charge in [-0.05, 0) is 0 Å². The summed E-state index contributed by atoms with van der Waals surface area (Å²) in [7, 11) is 0. The van der Waals surface area contributed by atoms with Crippen LogP contribution in [0.25, 0.3) is 0 Å². The zero-order valence-electron chi connectivity index (χ0n) is 15.8. The second-order valence-corrected chi connectivity index (χ2v) is 6.59. The first-order chi connectivity index (χ1) is 13.0. The van der Waals surface area contributed by atoms with Gasteiger partial charge in [0.25, 0.3) is 0 Å². The molecule has 0 unspecified atom stereocenters. The fourth-order valence-electron chi connectivity index (χ4n) is 2.54. The normalized spacial score (nSPS) is 26.5. The Morgan fingerprint density at radius 3 is 1.86 bits per heavy atom. The molecule has 1 aliphatic heterocycles. The minimum Gasteiger partial charge on any atom is -0.463 e. The lowest BCUT2D eigenvalue weighted by molar-refractivity contribution is -0.270. The third-order valence-corrected chi connectivity index (χ3v) is 4.13. The fraction of sp³-hybridized carbons (Fsp3) is 0.688. The van der Waals surface area contributed by atoms with Crippen LogP contribution in [-0.4, -0.2) is 71.5 Å². The van der Waals surface area contributed by atoms with Crippen LogP contribution in [0.4, 0.5) is 0 Å². The molecule has 0 bridgehead atoms. The molecule has 1 heterocycles. The van der Waals surface area contributed by atoms with Crippen LogP contribution in [-0.2, 0) is 47.7 Å². The summed E-state index contributed by atoms with van der Waals surface area (Å²) >= 11 is 1.81. The minimum absolute atomic E-state index is 0.0585. The predicted molar refractivity (Wildman–Crippen MR) is 99.0 cm³/mol. The highest BCUT2D eigenvalue weighted by Crippen LogP contribution is 2.28. The molecule has 1 fully saturated rings. The van der Waals surface area contributed by atoms with Gasteiger partial charge < -0.3 is 29.0 Å². The average molecular weight is 515 g/mol. The van der Waals surface area contributed by atoms with Crippen LogP contribution in [0.15, 0.2) is 0 Å². The third kappa shape index (κ3) is 7.58. The molecule has 5 atom stereocenters. The molecule has 0 saturated carbocycles. The molecule has 1 rings (SSSR count). The van der Waals surface area contributed by atoms with E-state index in [0.29, 0.717) is 0 Å². The molecule has 0 aromatic carbocycles. The SMILES string of the molecule is CC(=O)OC[C@H]1O[C@@H](OC(C)=O)[C@H](NC(=O)CI)[C@@H](OC(C)=O)[C@@H]1OC(C)=O. The second-order valence-electron chi connectivity index (χ2n) is 5.83. The zero-order valence-corrected chi connectivity index (χ0v) is 17.9. The number of ether oxygens (including phenoxy) is 5. The maximum absolute atomic E-state index is 11.9. The number of carbonyl (C=O) groups excluding carboxylic acids is 5. The van der Waals surface area contributed by atoms with Crippen molar-refractivity contribution in [3.05, 3.63) is 0 Å². The molecule has 0 aromatic rings. The number of hydrogen-bond donors (Lipinski definition) is 1. The van der Waals surface area contributed by atoms with E-state index < -0.39 is 60.4 Å². The van der Waals surface area contributed by atoms with Gasteiger partial charge in [0, 0.05) is 27.7 Å². The monoisotopic (exact) mass is 515 g/mol. The van der Waals surface area contributed by atoms with Crippen LogP contribution in [0.1, 0.15) is 27.7 Å². The van der Waals surface area contributed by atoms with Crippen LogP contribution in [0, 0.1) is 0 Å².